The van der Waals surface area contributed by atoms with Gasteiger partial charge in [-0.25, -0.2) is 0 Å². The lowest BCUT2D eigenvalue weighted by molar-refractivity contribution is -0.166. The summed E-state index contributed by atoms with van der Waals surface area (Å²) in [5, 5.41) is 2.81. The van der Waals surface area contributed by atoms with Crippen molar-refractivity contribution in [1.82, 2.24) is 10.2 Å². The van der Waals surface area contributed by atoms with Gasteiger partial charge in [-0.1, -0.05) is 6.92 Å². The van der Waals surface area contributed by atoms with E-state index in [9.17, 15) is 22.8 Å². The molecule has 118 valence electrons. The Morgan fingerprint density at radius 1 is 1.25 bits per heavy atom. The average molecular weight is 298 g/mol. The van der Waals surface area contributed by atoms with Crippen LogP contribution in [0.1, 0.15) is 27.2 Å². The summed E-state index contributed by atoms with van der Waals surface area (Å²) in [4.78, 5) is 23.8. The van der Waals surface area contributed by atoms with E-state index in [2.05, 4.69) is 10.1 Å². The zero-order chi connectivity index (χ0) is 16.0. The lowest BCUT2D eigenvalue weighted by Crippen LogP contribution is -2.56. The number of nitrogens with zero attached hydrogens (tertiary/aromatic N) is 1. The van der Waals surface area contributed by atoms with E-state index >= 15 is 0 Å². The number of hydrogen-bond donors (Lipinski definition) is 1. The third-order valence-electron chi connectivity index (χ3n) is 2.62. The SMILES string of the molecule is CCNC(C)(C)C(=O)N(CCC(=O)OC)CC(F)(F)F. The summed E-state index contributed by atoms with van der Waals surface area (Å²) < 4.78 is 41.9. The van der Waals surface area contributed by atoms with Crippen LogP contribution in [-0.4, -0.2) is 55.2 Å². The van der Waals surface area contributed by atoms with E-state index in [4.69, 9.17) is 0 Å². The van der Waals surface area contributed by atoms with Crippen molar-refractivity contribution < 1.29 is 27.5 Å². The number of methoxy groups -OCH3 is 1. The normalized spacial score (nSPS) is 12.2. The highest BCUT2D eigenvalue weighted by atomic mass is 19.4. The van der Waals surface area contributed by atoms with Crippen molar-refractivity contribution >= 4 is 11.9 Å². The number of halogens is 3. The Kier molecular flexibility index (Phi) is 6.98. The molecule has 0 unspecified atom stereocenters. The fraction of sp³-hybridized carbons (Fsp3) is 0.833. The van der Waals surface area contributed by atoms with Gasteiger partial charge >= 0.3 is 12.1 Å². The van der Waals surface area contributed by atoms with Crippen LogP contribution in [0.15, 0.2) is 0 Å². The van der Waals surface area contributed by atoms with Crippen molar-refractivity contribution in [2.24, 2.45) is 0 Å². The van der Waals surface area contributed by atoms with Crippen LogP contribution in [0, 0.1) is 0 Å². The molecule has 0 atom stereocenters. The quantitative estimate of drug-likeness (QED) is 0.720. The molecule has 20 heavy (non-hydrogen) atoms. The van der Waals surface area contributed by atoms with Gasteiger partial charge in [0.25, 0.3) is 0 Å². The van der Waals surface area contributed by atoms with E-state index in [1.165, 1.54) is 13.8 Å². The Hall–Kier alpha value is -1.31. The van der Waals surface area contributed by atoms with Crippen LogP contribution in [-0.2, 0) is 14.3 Å². The van der Waals surface area contributed by atoms with E-state index in [0.29, 0.717) is 11.4 Å². The minimum absolute atomic E-state index is 0.277. The molecule has 8 heteroatoms. The summed E-state index contributed by atoms with van der Waals surface area (Å²) in [7, 11) is 1.14. The van der Waals surface area contributed by atoms with Crippen LogP contribution in [0.5, 0.6) is 0 Å². The molecule has 0 rings (SSSR count). The van der Waals surface area contributed by atoms with Gasteiger partial charge in [0.1, 0.15) is 6.54 Å². The van der Waals surface area contributed by atoms with Crippen LogP contribution in [0.3, 0.4) is 0 Å². The molecule has 0 bridgehead atoms. The fourth-order valence-electron chi connectivity index (χ4n) is 1.71. The van der Waals surface area contributed by atoms with Gasteiger partial charge in [-0.05, 0) is 20.4 Å². The number of rotatable bonds is 7. The molecular formula is C12H21F3N2O3. The highest BCUT2D eigenvalue weighted by molar-refractivity contribution is 5.86. The second kappa shape index (κ2) is 7.47. The lowest BCUT2D eigenvalue weighted by Gasteiger charge is -2.32. The first-order valence-electron chi connectivity index (χ1n) is 6.21. The summed E-state index contributed by atoms with van der Waals surface area (Å²) in [5.41, 5.74) is -1.13. The smallest absolute Gasteiger partial charge is 0.406 e. The van der Waals surface area contributed by atoms with Crippen molar-refractivity contribution in [3.8, 4) is 0 Å². The van der Waals surface area contributed by atoms with Crippen molar-refractivity contribution in [3.05, 3.63) is 0 Å². The molecule has 0 radical (unpaired) electrons. The summed E-state index contributed by atoms with van der Waals surface area (Å²) in [6, 6.07) is 0. The molecule has 0 spiro atoms. The molecule has 1 amide bonds. The molecule has 0 aromatic carbocycles. The van der Waals surface area contributed by atoms with E-state index in [1.54, 1.807) is 6.92 Å². The minimum atomic E-state index is -4.52. The number of carbonyl (C=O) groups is 2. The first-order valence-corrected chi connectivity index (χ1v) is 6.21. The Bertz CT molecular complexity index is 343. The Morgan fingerprint density at radius 2 is 1.80 bits per heavy atom. The lowest BCUT2D eigenvalue weighted by atomic mass is 10.0. The standard InChI is InChI=1S/C12H21F3N2O3/c1-5-16-11(2,3)10(19)17(8-12(13,14)15)7-6-9(18)20-4/h16H,5-8H2,1-4H3. The van der Waals surface area contributed by atoms with Gasteiger partial charge in [0.2, 0.25) is 5.91 Å². The highest BCUT2D eigenvalue weighted by Gasteiger charge is 2.38. The fourth-order valence-corrected chi connectivity index (χ4v) is 1.71. The van der Waals surface area contributed by atoms with Gasteiger partial charge in [0, 0.05) is 6.54 Å². The van der Waals surface area contributed by atoms with Gasteiger partial charge in [-0.2, -0.15) is 13.2 Å². The van der Waals surface area contributed by atoms with Crippen molar-refractivity contribution in [2.75, 3.05) is 26.7 Å². The number of carbonyl (C=O) groups excluding carboxylic acids is 2. The largest absolute Gasteiger partial charge is 0.469 e. The predicted octanol–water partition coefficient (Wildman–Crippen LogP) is 1.33. The maximum Gasteiger partial charge on any atom is 0.406 e. The molecule has 1 N–H and O–H groups in total. The zero-order valence-corrected chi connectivity index (χ0v) is 12.1. The van der Waals surface area contributed by atoms with E-state index in [1.807, 2.05) is 0 Å². The number of nitrogens with one attached hydrogen (secondary N) is 1. The van der Waals surface area contributed by atoms with E-state index in [-0.39, 0.29) is 13.0 Å². The third-order valence-corrected chi connectivity index (χ3v) is 2.62. The molecule has 0 saturated carbocycles. The van der Waals surface area contributed by atoms with Crippen LogP contribution < -0.4 is 5.32 Å². The van der Waals surface area contributed by atoms with E-state index < -0.39 is 30.1 Å². The Morgan fingerprint density at radius 3 is 2.20 bits per heavy atom. The number of esters is 1. The van der Waals surface area contributed by atoms with Gasteiger partial charge in [0.05, 0.1) is 19.1 Å². The van der Waals surface area contributed by atoms with Crippen molar-refractivity contribution in [2.45, 2.75) is 38.9 Å². The molecule has 0 aliphatic heterocycles. The predicted molar refractivity (Wildman–Crippen MR) is 67.0 cm³/mol. The first-order chi connectivity index (χ1) is 9.03. The summed E-state index contributed by atoms with van der Waals surface area (Å²) in [6.45, 7) is 3.46. The molecule has 0 saturated heterocycles. The highest BCUT2D eigenvalue weighted by Crippen LogP contribution is 2.19. The summed E-state index contributed by atoms with van der Waals surface area (Å²) in [5.74, 6) is -1.37. The number of likely N-dealkylation sites (N-methyl/N-ethyl adjacent to an activating group) is 1. The molecule has 0 aromatic heterocycles. The maximum absolute atomic E-state index is 12.5. The number of ether oxygens (including phenoxy) is 1. The number of amides is 1. The second-order valence-electron chi connectivity index (χ2n) is 4.82. The molecule has 0 aliphatic rings. The molecule has 0 aromatic rings. The van der Waals surface area contributed by atoms with E-state index in [0.717, 1.165) is 7.11 Å². The average Bonchev–Trinajstić information content (AvgIpc) is 2.31. The summed E-state index contributed by atoms with van der Waals surface area (Å²) >= 11 is 0. The van der Waals surface area contributed by atoms with Crippen molar-refractivity contribution in [1.29, 1.82) is 0 Å². The molecule has 5 nitrogen and oxygen atoms in total. The third kappa shape index (κ3) is 6.74. The second-order valence-corrected chi connectivity index (χ2v) is 4.82. The maximum atomic E-state index is 12.5. The summed E-state index contributed by atoms with van der Waals surface area (Å²) in [6.07, 6.45) is -4.80. The molecule has 0 heterocycles. The Balaban J connectivity index is 4.91. The molecular weight excluding hydrogens is 277 g/mol. The molecule has 0 aliphatic carbocycles. The Labute approximate surface area is 116 Å². The minimum Gasteiger partial charge on any atom is -0.469 e. The van der Waals surface area contributed by atoms with Crippen molar-refractivity contribution in [3.63, 3.8) is 0 Å². The van der Waals surface area contributed by atoms with Gasteiger partial charge < -0.3 is 15.0 Å². The number of alkyl halides is 3. The van der Waals surface area contributed by atoms with Gasteiger partial charge in [-0.15, -0.1) is 0 Å². The van der Waals surface area contributed by atoms with Crippen LogP contribution in [0.4, 0.5) is 13.2 Å². The monoisotopic (exact) mass is 298 g/mol. The van der Waals surface area contributed by atoms with Crippen LogP contribution in [0.2, 0.25) is 0 Å². The van der Waals surface area contributed by atoms with Crippen LogP contribution >= 0.6 is 0 Å². The topological polar surface area (TPSA) is 58.6 Å². The zero-order valence-electron chi connectivity index (χ0n) is 12.1. The number of hydrogen-bond acceptors (Lipinski definition) is 4. The van der Waals surface area contributed by atoms with Gasteiger partial charge in [-0.3, -0.25) is 9.59 Å². The molecule has 0 fully saturated rings. The van der Waals surface area contributed by atoms with Crippen LogP contribution in [0.25, 0.3) is 0 Å². The van der Waals surface area contributed by atoms with Gasteiger partial charge in [0.15, 0.2) is 0 Å². The first kappa shape index (κ1) is 18.7.